The molecule has 0 aliphatic heterocycles. The highest BCUT2D eigenvalue weighted by molar-refractivity contribution is 4.63. The lowest BCUT2D eigenvalue weighted by Gasteiger charge is -2.10. The zero-order chi connectivity index (χ0) is 15.1. The standard InChI is InChI=1S/2C4H10O4.C2H6/c2*5-1-3(7)4(8)2-6;1-2/h2*3-8H,1-2H2;1-2H3/t2*3-,4-;/m11./s1. The Labute approximate surface area is 106 Å². The Morgan fingerprint density at radius 1 is 0.500 bits per heavy atom. The molecule has 0 bridgehead atoms. The maximum Gasteiger partial charge on any atom is 0.105 e. The topological polar surface area (TPSA) is 162 Å². The highest BCUT2D eigenvalue weighted by Crippen LogP contribution is 1.89. The van der Waals surface area contributed by atoms with E-state index in [0.717, 1.165) is 0 Å². The highest BCUT2D eigenvalue weighted by atomic mass is 16.4. The molecular weight excluding hydrogens is 248 g/mol. The minimum Gasteiger partial charge on any atom is -0.394 e. The quantitative estimate of drug-likeness (QED) is 0.246. The summed E-state index contributed by atoms with van der Waals surface area (Å²) in [6.45, 7) is 1.90. The molecule has 0 rings (SSSR count). The normalized spacial score (nSPS) is 16.3. The van der Waals surface area contributed by atoms with Crippen molar-refractivity contribution in [2.24, 2.45) is 0 Å². The fourth-order valence-electron chi connectivity index (χ4n) is 0.487. The van der Waals surface area contributed by atoms with Gasteiger partial charge in [-0.3, -0.25) is 0 Å². The van der Waals surface area contributed by atoms with Gasteiger partial charge in [0.15, 0.2) is 0 Å². The van der Waals surface area contributed by atoms with Crippen molar-refractivity contribution >= 4 is 0 Å². The van der Waals surface area contributed by atoms with Crippen LogP contribution >= 0.6 is 0 Å². The lowest BCUT2D eigenvalue weighted by molar-refractivity contribution is -0.0388. The Morgan fingerprint density at radius 3 is 0.667 bits per heavy atom. The molecule has 8 N–H and O–H groups in total. The molecule has 4 atom stereocenters. The van der Waals surface area contributed by atoms with Crippen LogP contribution in [-0.4, -0.2) is 91.7 Å². The van der Waals surface area contributed by atoms with Crippen LogP contribution in [0.2, 0.25) is 0 Å². The van der Waals surface area contributed by atoms with Gasteiger partial charge in [0.1, 0.15) is 24.4 Å². The van der Waals surface area contributed by atoms with E-state index in [0.29, 0.717) is 0 Å². The van der Waals surface area contributed by atoms with Crippen LogP contribution in [0, 0.1) is 0 Å². The van der Waals surface area contributed by atoms with E-state index in [1.807, 2.05) is 13.8 Å². The van der Waals surface area contributed by atoms with E-state index in [-0.39, 0.29) is 0 Å². The Hall–Kier alpha value is -0.320. The third-order valence-corrected chi connectivity index (χ3v) is 1.64. The molecule has 0 spiro atoms. The predicted octanol–water partition coefficient (Wildman–Crippen LogP) is -3.59. The lowest BCUT2D eigenvalue weighted by Crippen LogP contribution is -2.31. The highest BCUT2D eigenvalue weighted by Gasteiger charge is 2.12. The van der Waals surface area contributed by atoms with Crippen LogP contribution in [0.5, 0.6) is 0 Å². The molecule has 18 heavy (non-hydrogen) atoms. The molecule has 0 saturated heterocycles. The molecule has 8 nitrogen and oxygen atoms in total. The minimum absolute atomic E-state index is 0.526. The fraction of sp³-hybridized carbons (Fsp3) is 1.00. The molecule has 114 valence electrons. The van der Waals surface area contributed by atoms with Crippen molar-refractivity contribution < 1.29 is 40.9 Å². The van der Waals surface area contributed by atoms with Gasteiger partial charge in [0.25, 0.3) is 0 Å². The van der Waals surface area contributed by atoms with Gasteiger partial charge >= 0.3 is 0 Å². The Morgan fingerprint density at radius 2 is 0.611 bits per heavy atom. The van der Waals surface area contributed by atoms with Crippen molar-refractivity contribution in [3.05, 3.63) is 0 Å². The lowest BCUT2D eigenvalue weighted by atomic mass is 10.2. The van der Waals surface area contributed by atoms with Crippen molar-refractivity contribution in [3.8, 4) is 0 Å². The van der Waals surface area contributed by atoms with Gasteiger partial charge in [0.05, 0.1) is 26.4 Å². The average molecular weight is 274 g/mol. The first kappa shape index (κ1) is 22.8. The largest absolute Gasteiger partial charge is 0.394 e. The molecule has 0 aliphatic rings. The zero-order valence-electron chi connectivity index (χ0n) is 10.7. The van der Waals surface area contributed by atoms with Gasteiger partial charge in [-0.25, -0.2) is 0 Å². The molecule has 0 saturated carbocycles. The summed E-state index contributed by atoms with van der Waals surface area (Å²) in [5.41, 5.74) is 0. The molecule has 0 aromatic rings. The SMILES string of the molecule is CC.OC[C@@H](O)[C@H](O)CO.OC[C@@H](O)[C@H](O)CO. The molecule has 0 radical (unpaired) electrons. The predicted molar refractivity (Wildman–Crippen MR) is 63.7 cm³/mol. The summed E-state index contributed by atoms with van der Waals surface area (Å²) < 4.78 is 0. The van der Waals surface area contributed by atoms with Gasteiger partial charge in [-0.1, -0.05) is 13.8 Å². The first-order valence-electron chi connectivity index (χ1n) is 5.60. The first-order valence-corrected chi connectivity index (χ1v) is 5.60. The van der Waals surface area contributed by atoms with E-state index in [2.05, 4.69) is 0 Å². The average Bonchev–Trinajstić information content (AvgIpc) is 2.46. The van der Waals surface area contributed by atoms with Gasteiger partial charge < -0.3 is 40.9 Å². The zero-order valence-corrected chi connectivity index (χ0v) is 10.7. The smallest absolute Gasteiger partial charge is 0.105 e. The Balaban J connectivity index is -0.000000219. The van der Waals surface area contributed by atoms with E-state index in [1.54, 1.807) is 0 Å². The number of hydrogen-bond acceptors (Lipinski definition) is 8. The van der Waals surface area contributed by atoms with E-state index in [9.17, 15) is 0 Å². The van der Waals surface area contributed by atoms with E-state index < -0.39 is 50.8 Å². The van der Waals surface area contributed by atoms with Gasteiger partial charge in [-0.2, -0.15) is 0 Å². The summed E-state index contributed by atoms with van der Waals surface area (Å²) in [6, 6.07) is 0. The molecule has 8 heteroatoms. The monoisotopic (exact) mass is 274 g/mol. The van der Waals surface area contributed by atoms with Crippen molar-refractivity contribution in [3.63, 3.8) is 0 Å². The third kappa shape index (κ3) is 13.7. The van der Waals surface area contributed by atoms with Gasteiger partial charge in [0.2, 0.25) is 0 Å². The Kier molecular flexibility index (Phi) is 21.2. The third-order valence-electron chi connectivity index (χ3n) is 1.64. The summed E-state index contributed by atoms with van der Waals surface area (Å²) in [7, 11) is 0. The molecule has 0 aromatic heterocycles. The van der Waals surface area contributed by atoms with Crippen LogP contribution in [-0.2, 0) is 0 Å². The summed E-state index contributed by atoms with van der Waals surface area (Å²) in [4.78, 5) is 0. The second-order valence-electron chi connectivity index (χ2n) is 3.00. The molecule has 0 heterocycles. The van der Waals surface area contributed by atoms with Crippen LogP contribution in [0.15, 0.2) is 0 Å². The summed E-state index contributed by atoms with van der Waals surface area (Å²) >= 11 is 0. The molecule has 0 unspecified atom stereocenters. The Bertz CT molecular complexity index is 114. The summed E-state index contributed by atoms with van der Waals surface area (Å²) in [5, 5.41) is 66.3. The number of aliphatic hydroxyl groups excluding tert-OH is 8. The van der Waals surface area contributed by atoms with Gasteiger partial charge in [-0.15, -0.1) is 0 Å². The molecule has 0 aliphatic carbocycles. The number of aliphatic hydroxyl groups is 8. The second kappa shape index (κ2) is 16.7. The van der Waals surface area contributed by atoms with Crippen LogP contribution in [0.4, 0.5) is 0 Å². The van der Waals surface area contributed by atoms with Crippen LogP contribution in [0.25, 0.3) is 0 Å². The maximum atomic E-state index is 8.47. The number of hydrogen-bond donors (Lipinski definition) is 8. The van der Waals surface area contributed by atoms with E-state index in [4.69, 9.17) is 40.9 Å². The van der Waals surface area contributed by atoms with Crippen LogP contribution in [0.1, 0.15) is 13.8 Å². The second-order valence-corrected chi connectivity index (χ2v) is 3.00. The number of rotatable bonds is 6. The van der Waals surface area contributed by atoms with Gasteiger partial charge in [0, 0.05) is 0 Å². The fourth-order valence-corrected chi connectivity index (χ4v) is 0.487. The summed E-state index contributed by atoms with van der Waals surface area (Å²) in [5.74, 6) is 0. The van der Waals surface area contributed by atoms with Gasteiger partial charge in [-0.05, 0) is 0 Å². The van der Waals surface area contributed by atoms with Crippen molar-refractivity contribution in [2.45, 2.75) is 38.3 Å². The van der Waals surface area contributed by atoms with E-state index in [1.165, 1.54) is 0 Å². The molecule has 0 fully saturated rings. The van der Waals surface area contributed by atoms with E-state index >= 15 is 0 Å². The minimum atomic E-state index is -1.22. The van der Waals surface area contributed by atoms with Crippen molar-refractivity contribution in [2.75, 3.05) is 26.4 Å². The van der Waals surface area contributed by atoms with Crippen molar-refractivity contribution in [1.82, 2.24) is 0 Å². The first-order chi connectivity index (χ1) is 8.44. The maximum absolute atomic E-state index is 8.47. The molecular formula is C10H26O8. The molecule has 0 amide bonds. The van der Waals surface area contributed by atoms with Crippen LogP contribution in [0.3, 0.4) is 0 Å². The van der Waals surface area contributed by atoms with Crippen molar-refractivity contribution in [1.29, 1.82) is 0 Å². The summed E-state index contributed by atoms with van der Waals surface area (Å²) in [6.07, 6.45) is -4.89. The van der Waals surface area contributed by atoms with Crippen LogP contribution < -0.4 is 0 Å². The molecule has 0 aromatic carbocycles.